The molecule has 1 aliphatic rings. The molecule has 22 heavy (non-hydrogen) atoms. The minimum atomic E-state index is -0.476. The fourth-order valence-electron chi connectivity index (χ4n) is 1.78. The lowest BCUT2D eigenvalue weighted by Gasteiger charge is -2.30. The minimum Gasteiger partial charge on any atom is -0.324 e. The van der Waals surface area contributed by atoms with Crippen LogP contribution >= 0.6 is 15.9 Å². The summed E-state index contributed by atoms with van der Waals surface area (Å²) >= 11 is 3.31. The Labute approximate surface area is 136 Å². The maximum Gasteiger partial charge on any atom is 0.321 e. The van der Waals surface area contributed by atoms with E-state index in [1.54, 1.807) is 4.90 Å². The molecule has 1 aliphatic heterocycles. The number of amides is 2. The van der Waals surface area contributed by atoms with Gasteiger partial charge in [-0.3, -0.25) is 5.43 Å². The van der Waals surface area contributed by atoms with Crippen LogP contribution in [0.15, 0.2) is 28.3 Å². The molecule has 1 unspecified atom stereocenters. The van der Waals surface area contributed by atoms with Crippen molar-refractivity contribution >= 4 is 45.9 Å². The summed E-state index contributed by atoms with van der Waals surface area (Å²) in [5, 5.41) is 6.71. The van der Waals surface area contributed by atoms with Gasteiger partial charge in [0, 0.05) is 18.8 Å². The van der Waals surface area contributed by atoms with Gasteiger partial charge in [0.05, 0.1) is 10.5 Å². The summed E-state index contributed by atoms with van der Waals surface area (Å²) in [6, 6.07) is 4.06. The van der Waals surface area contributed by atoms with Crippen molar-refractivity contribution in [3.8, 4) is 0 Å². The molecule has 1 fully saturated rings. The van der Waals surface area contributed by atoms with Crippen LogP contribution in [0.3, 0.4) is 0 Å². The smallest absolute Gasteiger partial charge is 0.321 e. The molecule has 0 spiro atoms. The zero-order chi connectivity index (χ0) is 16.1. The molecule has 1 aromatic rings. The van der Waals surface area contributed by atoms with E-state index in [1.165, 1.54) is 18.2 Å². The van der Waals surface area contributed by atoms with Crippen LogP contribution in [-0.4, -0.2) is 41.4 Å². The molecule has 0 saturated carbocycles. The molecular formula is C14H17BrFN5O. The second-order valence-electron chi connectivity index (χ2n) is 4.82. The molecule has 0 radical (unpaired) electrons. The number of carbonyl (C=O) groups excluding carboxylic acids is 1. The summed E-state index contributed by atoms with van der Waals surface area (Å²) in [6.45, 7) is 6.73. The van der Waals surface area contributed by atoms with Gasteiger partial charge >= 0.3 is 6.03 Å². The third kappa shape index (κ3) is 4.03. The minimum absolute atomic E-state index is 0.116. The summed E-state index contributed by atoms with van der Waals surface area (Å²) < 4.78 is 13.8. The average Bonchev–Trinajstić information content (AvgIpc) is 2.40. The number of rotatable bonds is 4. The van der Waals surface area contributed by atoms with Gasteiger partial charge in [0.1, 0.15) is 5.82 Å². The summed E-state index contributed by atoms with van der Waals surface area (Å²) in [6.07, 6.45) is 1.01. The van der Waals surface area contributed by atoms with E-state index >= 15 is 0 Å². The highest BCUT2D eigenvalue weighted by molar-refractivity contribution is 9.10. The molecule has 1 heterocycles. The monoisotopic (exact) mass is 369 g/mol. The lowest BCUT2D eigenvalue weighted by molar-refractivity contribution is 0.181. The first-order valence-electron chi connectivity index (χ1n) is 6.81. The van der Waals surface area contributed by atoms with Crippen LogP contribution in [0.1, 0.15) is 13.3 Å². The number of hydrazone groups is 1. The highest BCUT2D eigenvalue weighted by Crippen LogP contribution is 2.21. The van der Waals surface area contributed by atoms with E-state index in [9.17, 15) is 9.18 Å². The van der Waals surface area contributed by atoms with E-state index in [1.807, 2.05) is 6.92 Å². The van der Waals surface area contributed by atoms with E-state index in [0.717, 1.165) is 19.5 Å². The molecule has 1 atom stereocenters. The van der Waals surface area contributed by atoms with Crippen LogP contribution in [0.5, 0.6) is 0 Å². The number of alkyl halides is 1. The summed E-state index contributed by atoms with van der Waals surface area (Å²) in [5.74, 6) is -0.0780. The average molecular weight is 370 g/mol. The van der Waals surface area contributed by atoms with Gasteiger partial charge < -0.3 is 10.2 Å². The van der Waals surface area contributed by atoms with E-state index in [4.69, 9.17) is 0 Å². The number of aliphatic imine (C=N–C) groups is 1. The normalized spacial score (nSPS) is 15.8. The number of urea groups is 1. The molecule has 1 saturated heterocycles. The number of nitrogens with one attached hydrogen (secondary N) is 2. The van der Waals surface area contributed by atoms with Gasteiger partial charge in [-0.05, 0) is 38.3 Å². The summed E-state index contributed by atoms with van der Waals surface area (Å²) in [7, 11) is 0. The molecule has 0 aromatic heterocycles. The number of halogens is 2. The first kappa shape index (κ1) is 16.4. The van der Waals surface area contributed by atoms with E-state index < -0.39 is 5.82 Å². The van der Waals surface area contributed by atoms with Gasteiger partial charge in [-0.1, -0.05) is 15.9 Å². The molecule has 2 rings (SSSR count). The first-order chi connectivity index (χ1) is 10.5. The predicted molar refractivity (Wildman–Crippen MR) is 90.6 cm³/mol. The molecule has 118 valence electrons. The standard InChI is InChI=1S/C14H17BrFN5O/c1-9(15)13(17-2)20-19-12-8-10(4-5-11(12)16)18-14(22)21-6-3-7-21/h4-5,8-9,19H,2-3,6-7H2,1H3,(H,18,22)/b20-13+. The Balaban J connectivity index is 2.09. The lowest BCUT2D eigenvalue weighted by Crippen LogP contribution is -2.44. The SMILES string of the molecule is C=N/C(=N/Nc1cc(NC(=O)N2CCC2)ccc1F)C(C)Br. The molecule has 8 heteroatoms. The van der Waals surface area contributed by atoms with Crippen molar-refractivity contribution in [3.05, 3.63) is 24.0 Å². The van der Waals surface area contributed by atoms with Gasteiger partial charge in [0.15, 0.2) is 5.84 Å². The third-order valence-corrected chi connectivity index (χ3v) is 3.58. The van der Waals surface area contributed by atoms with Crippen molar-refractivity contribution in [2.24, 2.45) is 10.1 Å². The predicted octanol–water partition coefficient (Wildman–Crippen LogP) is 3.27. The van der Waals surface area contributed by atoms with Gasteiger partial charge in [-0.2, -0.15) is 5.10 Å². The van der Waals surface area contributed by atoms with Crippen molar-refractivity contribution in [2.45, 2.75) is 18.2 Å². The number of carbonyl (C=O) groups is 1. The maximum atomic E-state index is 13.8. The second-order valence-corrected chi connectivity index (χ2v) is 6.19. The summed E-state index contributed by atoms with van der Waals surface area (Å²) in [5.41, 5.74) is 3.25. The van der Waals surface area contributed by atoms with Gasteiger partial charge in [0.2, 0.25) is 0 Å². The topological polar surface area (TPSA) is 69.1 Å². The molecule has 0 bridgehead atoms. The van der Waals surface area contributed by atoms with E-state index in [-0.39, 0.29) is 16.5 Å². The van der Waals surface area contributed by atoms with Crippen LogP contribution in [0.2, 0.25) is 0 Å². The quantitative estimate of drug-likeness (QED) is 0.370. The number of anilines is 2. The Bertz CT molecular complexity index is 601. The molecule has 6 nitrogen and oxygen atoms in total. The van der Waals surface area contributed by atoms with Crippen molar-refractivity contribution in [2.75, 3.05) is 23.8 Å². The third-order valence-electron chi connectivity index (χ3n) is 3.17. The van der Waals surface area contributed by atoms with E-state index in [0.29, 0.717) is 11.5 Å². The van der Waals surface area contributed by atoms with Crippen molar-refractivity contribution in [1.29, 1.82) is 0 Å². The Morgan fingerprint density at radius 2 is 2.23 bits per heavy atom. The number of likely N-dealkylation sites (tertiary alicyclic amines) is 1. The molecule has 2 amide bonds. The van der Waals surface area contributed by atoms with Crippen LogP contribution < -0.4 is 10.7 Å². The zero-order valence-corrected chi connectivity index (χ0v) is 13.7. The van der Waals surface area contributed by atoms with Gasteiger partial charge in [0.25, 0.3) is 0 Å². The largest absolute Gasteiger partial charge is 0.324 e. The lowest BCUT2D eigenvalue weighted by atomic mass is 10.2. The van der Waals surface area contributed by atoms with Crippen molar-refractivity contribution in [1.82, 2.24) is 4.90 Å². The van der Waals surface area contributed by atoms with Crippen LogP contribution in [0, 0.1) is 5.82 Å². The van der Waals surface area contributed by atoms with E-state index in [2.05, 4.69) is 43.5 Å². The zero-order valence-electron chi connectivity index (χ0n) is 12.1. The fourth-order valence-corrected chi connectivity index (χ4v) is 2.03. The molecule has 2 N–H and O–H groups in total. The summed E-state index contributed by atoms with van der Waals surface area (Å²) in [4.78, 5) is 17.1. The number of benzene rings is 1. The molecular weight excluding hydrogens is 353 g/mol. The number of hydrogen-bond acceptors (Lipinski definition) is 3. The van der Waals surface area contributed by atoms with Crippen LogP contribution in [-0.2, 0) is 0 Å². The Morgan fingerprint density at radius 1 is 1.50 bits per heavy atom. The molecule has 0 aliphatic carbocycles. The Kier molecular flexibility index (Phi) is 5.48. The highest BCUT2D eigenvalue weighted by Gasteiger charge is 2.20. The van der Waals surface area contributed by atoms with Crippen molar-refractivity contribution in [3.63, 3.8) is 0 Å². The number of nitrogens with zero attached hydrogens (tertiary/aromatic N) is 3. The maximum absolute atomic E-state index is 13.8. The first-order valence-corrected chi connectivity index (χ1v) is 7.72. The Hall–Kier alpha value is -1.96. The van der Waals surface area contributed by atoms with Gasteiger partial charge in [-0.15, -0.1) is 0 Å². The second kappa shape index (κ2) is 7.35. The van der Waals surface area contributed by atoms with Crippen LogP contribution in [0.4, 0.5) is 20.6 Å². The number of amidine groups is 1. The Morgan fingerprint density at radius 3 is 2.77 bits per heavy atom. The molecule has 1 aromatic carbocycles. The number of hydrogen-bond donors (Lipinski definition) is 2. The van der Waals surface area contributed by atoms with Crippen molar-refractivity contribution < 1.29 is 9.18 Å². The highest BCUT2D eigenvalue weighted by atomic mass is 79.9. The van der Waals surface area contributed by atoms with Crippen LogP contribution in [0.25, 0.3) is 0 Å². The fraction of sp³-hybridized carbons (Fsp3) is 0.357. The van der Waals surface area contributed by atoms with Gasteiger partial charge in [-0.25, -0.2) is 14.2 Å².